The molecule has 0 aliphatic carbocycles. The van der Waals surface area contributed by atoms with E-state index in [4.69, 9.17) is 15.2 Å². The number of ether oxygens (including phenoxy) is 2. The molecule has 3 N–H and O–H groups in total. The third kappa shape index (κ3) is 3.50. The van der Waals surface area contributed by atoms with Crippen LogP contribution in [0, 0.1) is 0 Å². The van der Waals surface area contributed by atoms with E-state index < -0.39 is 0 Å². The number of carbonyl (C=O) groups is 2. The molecule has 0 unspecified atom stereocenters. The highest BCUT2D eigenvalue weighted by molar-refractivity contribution is 6.10. The smallest absolute Gasteiger partial charge is 0.272 e. The van der Waals surface area contributed by atoms with Crippen LogP contribution in [0.15, 0.2) is 36.5 Å². The second-order valence-corrected chi connectivity index (χ2v) is 7.30. The fourth-order valence-electron chi connectivity index (χ4n) is 3.68. The van der Waals surface area contributed by atoms with Crippen LogP contribution >= 0.6 is 0 Å². The van der Waals surface area contributed by atoms with Crippen LogP contribution in [0.5, 0.6) is 11.5 Å². The molecular formula is C23H24N4O4. The number of nitrogens with one attached hydrogen (secondary N) is 1. The van der Waals surface area contributed by atoms with Gasteiger partial charge in [-0.1, -0.05) is 25.1 Å². The standard InChI is InChI=1S/C23H24N4O4/c1-4-8-25-23(29)22-21(24)14-7-5-6-13(16(14)11-26-22)15-9-19-17(10-18(15)30-3)27(2)20(28)12-31-19/h5-7,9-11H,4,8,12,24H2,1-3H3,(H,25,29). The Hall–Kier alpha value is -3.81. The Kier molecular flexibility index (Phi) is 5.37. The van der Waals surface area contributed by atoms with Gasteiger partial charge in [0.05, 0.1) is 18.5 Å². The predicted octanol–water partition coefficient (Wildman–Crippen LogP) is 2.99. The average molecular weight is 420 g/mol. The third-order valence-electron chi connectivity index (χ3n) is 5.38. The van der Waals surface area contributed by atoms with Crippen molar-refractivity contribution >= 4 is 34.0 Å². The van der Waals surface area contributed by atoms with E-state index in [1.807, 2.05) is 31.2 Å². The number of pyridine rings is 1. The summed E-state index contributed by atoms with van der Waals surface area (Å²) in [6.45, 7) is 2.52. The third-order valence-corrected chi connectivity index (χ3v) is 5.38. The topological polar surface area (TPSA) is 107 Å². The van der Waals surface area contributed by atoms with E-state index in [0.717, 1.165) is 28.3 Å². The molecule has 160 valence electrons. The number of nitrogen functional groups attached to an aromatic ring is 1. The molecule has 0 atom stereocenters. The van der Waals surface area contributed by atoms with Crippen LogP contribution in [0.25, 0.3) is 21.9 Å². The quantitative estimate of drug-likeness (QED) is 0.657. The molecule has 1 aliphatic heterocycles. The van der Waals surface area contributed by atoms with Crippen molar-refractivity contribution in [3.63, 3.8) is 0 Å². The molecule has 0 fully saturated rings. The summed E-state index contributed by atoms with van der Waals surface area (Å²) in [5.74, 6) is 0.753. The first-order valence-electron chi connectivity index (χ1n) is 10.0. The van der Waals surface area contributed by atoms with E-state index in [1.165, 1.54) is 0 Å². The van der Waals surface area contributed by atoms with E-state index in [0.29, 0.717) is 29.4 Å². The minimum Gasteiger partial charge on any atom is -0.496 e. The number of amides is 2. The fraction of sp³-hybridized carbons (Fsp3) is 0.261. The number of hydrogen-bond acceptors (Lipinski definition) is 6. The van der Waals surface area contributed by atoms with E-state index >= 15 is 0 Å². The maximum Gasteiger partial charge on any atom is 0.272 e. The summed E-state index contributed by atoms with van der Waals surface area (Å²) in [6.07, 6.45) is 2.47. The number of methoxy groups -OCH3 is 1. The van der Waals surface area contributed by atoms with Crippen molar-refractivity contribution in [1.82, 2.24) is 10.3 Å². The Morgan fingerprint density at radius 1 is 1.29 bits per heavy atom. The van der Waals surface area contributed by atoms with Crippen molar-refractivity contribution < 1.29 is 19.1 Å². The van der Waals surface area contributed by atoms with Gasteiger partial charge in [-0.25, -0.2) is 4.98 Å². The summed E-state index contributed by atoms with van der Waals surface area (Å²) in [5.41, 5.74) is 9.12. The van der Waals surface area contributed by atoms with Gasteiger partial charge in [0.2, 0.25) is 0 Å². The van der Waals surface area contributed by atoms with Crippen LogP contribution in [0.4, 0.5) is 11.4 Å². The van der Waals surface area contributed by atoms with Gasteiger partial charge in [0.1, 0.15) is 11.5 Å². The van der Waals surface area contributed by atoms with Crippen LogP contribution < -0.4 is 25.4 Å². The Balaban J connectivity index is 1.86. The molecule has 0 radical (unpaired) electrons. The van der Waals surface area contributed by atoms with Crippen LogP contribution in [0.1, 0.15) is 23.8 Å². The van der Waals surface area contributed by atoms with Crippen LogP contribution in [-0.4, -0.2) is 44.1 Å². The molecule has 8 nitrogen and oxygen atoms in total. The second kappa shape index (κ2) is 8.14. The van der Waals surface area contributed by atoms with Gasteiger partial charge in [0, 0.05) is 42.2 Å². The SMILES string of the molecule is CCCNC(=O)c1ncc2c(-c3cc4c(cc3OC)N(C)C(=O)CO4)cccc2c1N. The fourth-order valence-corrected chi connectivity index (χ4v) is 3.68. The normalized spacial score (nSPS) is 13.0. The predicted molar refractivity (Wildman–Crippen MR) is 120 cm³/mol. The lowest BCUT2D eigenvalue weighted by molar-refractivity contribution is -0.120. The molecule has 2 amide bonds. The summed E-state index contributed by atoms with van der Waals surface area (Å²) >= 11 is 0. The summed E-state index contributed by atoms with van der Waals surface area (Å²) in [6, 6.07) is 9.30. The van der Waals surface area contributed by atoms with Gasteiger partial charge in [-0.2, -0.15) is 0 Å². The van der Waals surface area contributed by atoms with Gasteiger partial charge in [0.25, 0.3) is 11.8 Å². The Labute approximate surface area is 180 Å². The van der Waals surface area contributed by atoms with Crippen molar-refractivity contribution in [3.8, 4) is 22.6 Å². The number of nitrogens with two attached hydrogens (primary N) is 1. The van der Waals surface area contributed by atoms with Crippen molar-refractivity contribution in [2.75, 3.05) is 37.9 Å². The molecular weight excluding hydrogens is 396 g/mol. The van der Waals surface area contributed by atoms with E-state index in [1.54, 1.807) is 31.3 Å². The van der Waals surface area contributed by atoms with Crippen molar-refractivity contribution in [1.29, 1.82) is 0 Å². The van der Waals surface area contributed by atoms with Crippen molar-refractivity contribution in [3.05, 3.63) is 42.2 Å². The lowest BCUT2D eigenvalue weighted by Gasteiger charge is -2.27. The monoisotopic (exact) mass is 420 g/mol. The first kappa shape index (κ1) is 20.5. The number of rotatable bonds is 5. The molecule has 0 spiro atoms. The Morgan fingerprint density at radius 2 is 2.10 bits per heavy atom. The largest absolute Gasteiger partial charge is 0.496 e. The molecule has 31 heavy (non-hydrogen) atoms. The van der Waals surface area contributed by atoms with E-state index in [2.05, 4.69) is 10.3 Å². The van der Waals surface area contributed by atoms with E-state index in [9.17, 15) is 9.59 Å². The van der Waals surface area contributed by atoms with Gasteiger partial charge >= 0.3 is 0 Å². The maximum atomic E-state index is 12.4. The molecule has 0 saturated carbocycles. The van der Waals surface area contributed by atoms with Gasteiger partial charge in [-0.15, -0.1) is 0 Å². The van der Waals surface area contributed by atoms with E-state index in [-0.39, 0.29) is 24.1 Å². The lowest BCUT2D eigenvalue weighted by Crippen LogP contribution is -2.35. The zero-order valence-corrected chi connectivity index (χ0v) is 17.7. The molecule has 0 saturated heterocycles. The molecule has 4 rings (SSSR count). The molecule has 2 aromatic carbocycles. The number of hydrogen-bond donors (Lipinski definition) is 2. The molecule has 0 bridgehead atoms. The van der Waals surface area contributed by atoms with Crippen LogP contribution in [0.3, 0.4) is 0 Å². The van der Waals surface area contributed by atoms with Gasteiger partial charge < -0.3 is 25.4 Å². The van der Waals surface area contributed by atoms with Gasteiger partial charge in [-0.05, 0) is 18.1 Å². The number of benzene rings is 2. The molecule has 1 aromatic heterocycles. The lowest BCUT2D eigenvalue weighted by atomic mass is 9.96. The minimum absolute atomic E-state index is 0.0183. The highest BCUT2D eigenvalue weighted by Gasteiger charge is 2.25. The number of anilines is 2. The number of fused-ring (bicyclic) bond motifs is 2. The summed E-state index contributed by atoms with van der Waals surface area (Å²) < 4.78 is 11.3. The van der Waals surface area contributed by atoms with Crippen molar-refractivity contribution in [2.45, 2.75) is 13.3 Å². The Morgan fingerprint density at radius 3 is 2.84 bits per heavy atom. The average Bonchev–Trinajstić information content (AvgIpc) is 2.79. The van der Waals surface area contributed by atoms with Crippen LogP contribution in [-0.2, 0) is 4.79 Å². The number of likely N-dealkylation sites (N-methyl/N-ethyl adjacent to an activating group) is 1. The zero-order valence-electron chi connectivity index (χ0n) is 17.7. The summed E-state index contributed by atoms with van der Waals surface area (Å²) in [4.78, 5) is 30.3. The van der Waals surface area contributed by atoms with Gasteiger partial charge in [-0.3, -0.25) is 9.59 Å². The van der Waals surface area contributed by atoms with Crippen LogP contribution in [0.2, 0.25) is 0 Å². The van der Waals surface area contributed by atoms with Gasteiger partial charge in [0.15, 0.2) is 12.3 Å². The number of nitrogens with zero attached hydrogens (tertiary/aromatic N) is 2. The minimum atomic E-state index is -0.292. The molecule has 2 heterocycles. The molecule has 8 heteroatoms. The highest BCUT2D eigenvalue weighted by atomic mass is 16.5. The number of aromatic nitrogens is 1. The summed E-state index contributed by atoms with van der Waals surface area (Å²) in [7, 11) is 3.28. The maximum absolute atomic E-state index is 12.4. The Bertz CT molecular complexity index is 1190. The molecule has 1 aliphatic rings. The zero-order chi connectivity index (χ0) is 22.1. The second-order valence-electron chi connectivity index (χ2n) is 7.30. The summed E-state index contributed by atoms with van der Waals surface area (Å²) in [5, 5.41) is 4.32. The first-order chi connectivity index (χ1) is 15.0. The molecule has 3 aromatic rings. The number of carbonyl (C=O) groups excluding carboxylic acids is 2. The first-order valence-corrected chi connectivity index (χ1v) is 10.0. The van der Waals surface area contributed by atoms with Crippen molar-refractivity contribution in [2.24, 2.45) is 0 Å². The highest BCUT2D eigenvalue weighted by Crippen LogP contribution is 2.44.